The van der Waals surface area contributed by atoms with E-state index in [1.54, 1.807) is 6.26 Å². The number of nitrogens with one attached hydrogen (secondary N) is 1. The Morgan fingerprint density at radius 2 is 1.71 bits per heavy atom. The summed E-state index contributed by atoms with van der Waals surface area (Å²) in [5.74, 6) is 0.545. The van der Waals surface area contributed by atoms with Crippen LogP contribution in [-0.4, -0.2) is 43.5 Å². The SMILES string of the molecule is Cc1cc(C)cc(C(=O)NCC(c2ccco2)N2CCN(c3ccc(F)cc3)CC2)c1. The van der Waals surface area contributed by atoms with Crippen LogP contribution in [0.15, 0.2) is 65.3 Å². The standard InChI is InChI=1S/C25H28FN3O2/c1-18-14-19(2)16-20(15-18)25(30)27-17-23(24-4-3-13-31-24)29-11-9-28(10-12-29)22-7-5-21(26)6-8-22/h3-8,13-16,23H,9-12,17H2,1-2H3,(H,27,30). The van der Waals surface area contributed by atoms with E-state index in [1.807, 2.05) is 50.2 Å². The first kappa shape index (κ1) is 21.1. The lowest BCUT2D eigenvalue weighted by atomic mass is 10.1. The van der Waals surface area contributed by atoms with Crippen LogP contribution in [0.25, 0.3) is 0 Å². The number of amides is 1. The number of carbonyl (C=O) groups excluding carboxylic acids is 1. The van der Waals surface area contributed by atoms with Crippen LogP contribution >= 0.6 is 0 Å². The second-order valence-electron chi connectivity index (χ2n) is 8.12. The minimum atomic E-state index is -0.222. The van der Waals surface area contributed by atoms with Gasteiger partial charge in [-0.2, -0.15) is 0 Å². The molecule has 0 spiro atoms. The highest BCUT2D eigenvalue weighted by Gasteiger charge is 2.27. The van der Waals surface area contributed by atoms with E-state index in [0.717, 1.165) is 48.8 Å². The molecular weight excluding hydrogens is 393 g/mol. The Kier molecular flexibility index (Phi) is 6.37. The molecule has 2 heterocycles. The summed E-state index contributed by atoms with van der Waals surface area (Å²) < 4.78 is 18.9. The highest BCUT2D eigenvalue weighted by atomic mass is 19.1. The monoisotopic (exact) mass is 421 g/mol. The van der Waals surface area contributed by atoms with E-state index >= 15 is 0 Å². The molecule has 162 valence electrons. The van der Waals surface area contributed by atoms with Gasteiger partial charge in [0.1, 0.15) is 11.6 Å². The average molecular weight is 422 g/mol. The maximum atomic E-state index is 13.2. The van der Waals surface area contributed by atoms with Gasteiger partial charge in [-0.1, -0.05) is 17.2 Å². The maximum absolute atomic E-state index is 13.2. The summed E-state index contributed by atoms with van der Waals surface area (Å²) in [4.78, 5) is 17.4. The second-order valence-corrected chi connectivity index (χ2v) is 8.12. The number of rotatable bonds is 6. The average Bonchev–Trinajstić information content (AvgIpc) is 3.29. The van der Waals surface area contributed by atoms with Crippen LogP contribution < -0.4 is 10.2 Å². The Labute approximate surface area is 182 Å². The van der Waals surface area contributed by atoms with E-state index in [9.17, 15) is 9.18 Å². The Bertz CT molecular complexity index is 990. The van der Waals surface area contributed by atoms with Crippen LogP contribution in [-0.2, 0) is 0 Å². The van der Waals surface area contributed by atoms with E-state index in [0.29, 0.717) is 12.1 Å². The summed E-state index contributed by atoms with van der Waals surface area (Å²) in [6.45, 7) is 7.76. The van der Waals surface area contributed by atoms with Crippen LogP contribution in [0.3, 0.4) is 0 Å². The molecule has 6 heteroatoms. The van der Waals surface area contributed by atoms with Gasteiger partial charge in [-0.25, -0.2) is 4.39 Å². The van der Waals surface area contributed by atoms with Crippen molar-refractivity contribution in [2.24, 2.45) is 0 Å². The third kappa shape index (κ3) is 5.14. The summed E-state index contributed by atoms with van der Waals surface area (Å²) in [6, 6.07) is 16.3. The minimum absolute atomic E-state index is 0.0415. The molecule has 1 aliphatic heterocycles. The van der Waals surface area contributed by atoms with Crippen molar-refractivity contribution in [1.29, 1.82) is 0 Å². The topological polar surface area (TPSA) is 48.7 Å². The van der Waals surface area contributed by atoms with Crippen molar-refractivity contribution >= 4 is 11.6 Å². The summed E-state index contributed by atoms with van der Waals surface area (Å²) >= 11 is 0. The summed E-state index contributed by atoms with van der Waals surface area (Å²) in [5, 5.41) is 3.09. The molecule has 1 aromatic heterocycles. The van der Waals surface area contributed by atoms with Gasteiger partial charge in [0, 0.05) is 44.0 Å². The van der Waals surface area contributed by atoms with Crippen molar-refractivity contribution in [3.63, 3.8) is 0 Å². The number of halogens is 1. The predicted molar refractivity (Wildman–Crippen MR) is 120 cm³/mol. The van der Waals surface area contributed by atoms with Gasteiger partial charge in [-0.05, 0) is 62.4 Å². The van der Waals surface area contributed by atoms with Gasteiger partial charge < -0.3 is 14.6 Å². The fourth-order valence-electron chi connectivity index (χ4n) is 4.23. The molecule has 5 nitrogen and oxygen atoms in total. The number of aryl methyl sites for hydroxylation is 2. The van der Waals surface area contributed by atoms with Crippen molar-refractivity contribution in [1.82, 2.24) is 10.2 Å². The first-order chi connectivity index (χ1) is 15.0. The van der Waals surface area contributed by atoms with Crippen LogP contribution in [0.2, 0.25) is 0 Å². The van der Waals surface area contributed by atoms with Gasteiger partial charge in [0.2, 0.25) is 0 Å². The number of nitrogens with zero attached hydrogens (tertiary/aromatic N) is 2. The van der Waals surface area contributed by atoms with E-state index in [2.05, 4.69) is 21.2 Å². The smallest absolute Gasteiger partial charge is 0.251 e. The van der Waals surface area contributed by atoms with Crippen LogP contribution in [0, 0.1) is 19.7 Å². The van der Waals surface area contributed by atoms with Crippen molar-refractivity contribution in [3.05, 3.63) is 89.1 Å². The van der Waals surface area contributed by atoms with E-state index < -0.39 is 0 Å². The number of piperazine rings is 1. The second kappa shape index (κ2) is 9.35. The number of furan rings is 1. The lowest BCUT2D eigenvalue weighted by Gasteiger charge is -2.39. The number of benzene rings is 2. The summed E-state index contributed by atoms with van der Waals surface area (Å²) in [5.41, 5.74) is 3.85. The zero-order valence-corrected chi connectivity index (χ0v) is 18.0. The van der Waals surface area contributed by atoms with Crippen molar-refractivity contribution in [3.8, 4) is 0 Å². The van der Waals surface area contributed by atoms with E-state index in [-0.39, 0.29) is 17.8 Å². The molecule has 1 aliphatic rings. The predicted octanol–water partition coefficient (Wildman–Crippen LogP) is 4.33. The van der Waals surface area contributed by atoms with Gasteiger partial charge in [0.25, 0.3) is 5.91 Å². The third-order valence-electron chi connectivity index (χ3n) is 5.76. The van der Waals surface area contributed by atoms with Crippen molar-refractivity contribution < 1.29 is 13.6 Å². The molecule has 2 aromatic carbocycles. The van der Waals surface area contributed by atoms with Gasteiger partial charge >= 0.3 is 0 Å². The van der Waals surface area contributed by atoms with E-state index in [4.69, 9.17) is 4.42 Å². The number of anilines is 1. The van der Waals surface area contributed by atoms with Crippen LogP contribution in [0.1, 0.15) is 33.3 Å². The molecule has 1 atom stereocenters. The fourth-order valence-corrected chi connectivity index (χ4v) is 4.23. The molecule has 31 heavy (non-hydrogen) atoms. The largest absolute Gasteiger partial charge is 0.468 e. The molecule has 1 fully saturated rings. The van der Waals surface area contributed by atoms with Gasteiger partial charge in [0.15, 0.2) is 0 Å². The van der Waals surface area contributed by atoms with Crippen LogP contribution in [0.4, 0.5) is 10.1 Å². The van der Waals surface area contributed by atoms with E-state index in [1.165, 1.54) is 12.1 Å². The Morgan fingerprint density at radius 3 is 2.32 bits per heavy atom. The third-order valence-corrected chi connectivity index (χ3v) is 5.76. The quantitative estimate of drug-likeness (QED) is 0.644. The molecule has 1 saturated heterocycles. The minimum Gasteiger partial charge on any atom is -0.468 e. The molecule has 1 amide bonds. The first-order valence-corrected chi connectivity index (χ1v) is 10.6. The van der Waals surface area contributed by atoms with Gasteiger partial charge in [0.05, 0.1) is 12.3 Å². The zero-order chi connectivity index (χ0) is 21.8. The lowest BCUT2D eigenvalue weighted by Crippen LogP contribution is -2.49. The summed E-state index contributed by atoms with van der Waals surface area (Å²) in [7, 11) is 0. The molecule has 1 N–H and O–H groups in total. The Morgan fingerprint density at radius 1 is 1.03 bits per heavy atom. The zero-order valence-electron chi connectivity index (χ0n) is 18.0. The molecule has 0 saturated carbocycles. The molecule has 1 unspecified atom stereocenters. The number of carbonyl (C=O) groups is 1. The molecule has 4 rings (SSSR count). The van der Waals surface area contributed by atoms with Crippen LogP contribution in [0.5, 0.6) is 0 Å². The molecular formula is C25H28FN3O2. The first-order valence-electron chi connectivity index (χ1n) is 10.6. The summed E-state index contributed by atoms with van der Waals surface area (Å²) in [6.07, 6.45) is 1.67. The lowest BCUT2D eigenvalue weighted by molar-refractivity contribution is 0.0922. The molecule has 0 aliphatic carbocycles. The Hall–Kier alpha value is -3.12. The highest BCUT2D eigenvalue weighted by molar-refractivity contribution is 5.94. The number of hydrogen-bond acceptors (Lipinski definition) is 4. The van der Waals surface area contributed by atoms with Crippen molar-refractivity contribution in [2.75, 3.05) is 37.6 Å². The highest BCUT2D eigenvalue weighted by Crippen LogP contribution is 2.24. The van der Waals surface area contributed by atoms with Gasteiger partial charge in [-0.3, -0.25) is 9.69 Å². The molecule has 0 bridgehead atoms. The fraction of sp³-hybridized carbons (Fsp3) is 0.320. The maximum Gasteiger partial charge on any atom is 0.251 e. The van der Waals surface area contributed by atoms with Crippen molar-refractivity contribution in [2.45, 2.75) is 19.9 Å². The normalized spacial score (nSPS) is 15.6. The molecule has 0 radical (unpaired) electrons. The van der Waals surface area contributed by atoms with Gasteiger partial charge in [-0.15, -0.1) is 0 Å². The molecule has 3 aromatic rings. The number of hydrogen-bond donors (Lipinski definition) is 1. The Balaban J connectivity index is 1.42.